The van der Waals surface area contributed by atoms with Gasteiger partial charge in [0.05, 0.1) is 13.3 Å². The van der Waals surface area contributed by atoms with Crippen molar-refractivity contribution < 1.29 is 4.74 Å². The Bertz CT molecular complexity index is 474. The SMILES string of the molecule is COc1ccc(CNc2c(C)cnn2C)cc1.Cl. The molecule has 0 amide bonds. The average Bonchev–Trinajstić information content (AvgIpc) is 2.67. The molecule has 4 nitrogen and oxygen atoms in total. The van der Waals surface area contributed by atoms with E-state index >= 15 is 0 Å². The highest BCUT2D eigenvalue weighted by Crippen LogP contribution is 2.15. The fourth-order valence-electron chi connectivity index (χ4n) is 1.73. The molecule has 0 aliphatic heterocycles. The van der Waals surface area contributed by atoms with E-state index in [1.165, 1.54) is 5.56 Å². The van der Waals surface area contributed by atoms with Crippen molar-refractivity contribution in [3.05, 3.63) is 41.6 Å². The summed E-state index contributed by atoms with van der Waals surface area (Å²) >= 11 is 0. The van der Waals surface area contributed by atoms with E-state index in [0.29, 0.717) is 0 Å². The zero-order valence-electron chi connectivity index (χ0n) is 10.8. The van der Waals surface area contributed by atoms with Gasteiger partial charge in [0.15, 0.2) is 0 Å². The highest BCUT2D eigenvalue weighted by Gasteiger charge is 2.03. The topological polar surface area (TPSA) is 39.1 Å². The average molecular weight is 268 g/mol. The molecule has 0 radical (unpaired) electrons. The van der Waals surface area contributed by atoms with Crippen LogP contribution in [-0.4, -0.2) is 16.9 Å². The van der Waals surface area contributed by atoms with Gasteiger partial charge in [0.2, 0.25) is 0 Å². The molecule has 0 saturated carbocycles. The van der Waals surface area contributed by atoms with Crippen molar-refractivity contribution in [2.45, 2.75) is 13.5 Å². The lowest BCUT2D eigenvalue weighted by molar-refractivity contribution is 0.414. The quantitative estimate of drug-likeness (QED) is 0.926. The number of anilines is 1. The van der Waals surface area contributed by atoms with Gasteiger partial charge >= 0.3 is 0 Å². The molecule has 5 heteroatoms. The third-order valence-electron chi connectivity index (χ3n) is 2.74. The van der Waals surface area contributed by atoms with Crippen molar-refractivity contribution in [3.63, 3.8) is 0 Å². The van der Waals surface area contributed by atoms with Crippen LogP contribution in [0, 0.1) is 6.92 Å². The number of hydrogen-bond acceptors (Lipinski definition) is 3. The molecular weight excluding hydrogens is 250 g/mol. The van der Waals surface area contributed by atoms with Crippen molar-refractivity contribution in [3.8, 4) is 5.75 Å². The summed E-state index contributed by atoms with van der Waals surface area (Å²) in [7, 11) is 3.61. The number of aryl methyl sites for hydroxylation is 2. The number of nitrogens with zero attached hydrogens (tertiary/aromatic N) is 2. The molecule has 2 rings (SSSR count). The van der Waals surface area contributed by atoms with E-state index in [9.17, 15) is 0 Å². The largest absolute Gasteiger partial charge is 0.497 e. The van der Waals surface area contributed by atoms with Gasteiger partial charge in [-0.3, -0.25) is 4.68 Å². The molecule has 0 bridgehead atoms. The summed E-state index contributed by atoms with van der Waals surface area (Å²) in [5.41, 5.74) is 2.37. The molecule has 0 fully saturated rings. The number of methoxy groups -OCH3 is 1. The molecule has 0 saturated heterocycles. The molecule has 1 aromatic carbocycles. The zero-order valence-corrected chi connectivity index (χ0v) is 11.6. The molecule has 1 heterocycles. The van der Waals surface area contributed by atoms with Crippen LogP contribution in [0.2, 0.25) is 0 Å². The van der Waals surface area contributed by atoms with E-state index in [0.717, 1.165) is 23.7 Å². The molecule has 0 atom stereocenters. The van der Waals surface area contributed by atoms with Crippen molar-refractivity contribution >= 4 is 18.2 Å². The first-order valence-corrected chi connectivity index (χ1v) is 5.56. The fourth-order valence-corrected chi connectivity index (χ4v) is 1.73. The Hall–Kier alpha value is -1.68. The van der Waals surface area contributed by atoms with Crippen molar-refractivity contribution in [1.82, 2.24) is 9.78 Å². The van der Waals surface area contributed by atoms with Gasteiger partial charge in [0.1, 0.15) is 11.6 Å². The predicted octanol–water partition coefficient (Wildman–Crippen LogP) is 2.77. The highest BCUT2D eigenvalue weighted by atomic mass is 35.5. The lowest BCUT2D eigenvalue weighted by Gasteiger charge is -2.08. The standard InChI is InChI=1S/C13H17N3O.ClH/c1-10-8-15-16(2)13(10)14-9-11-4-6-12(17-3)7-5-11;/h4-8,14H,9H2,1-3H3;1H. The minimum atomic E-state index is 0. The number of hydrogen-bond donors (Lipinski definition) is 1. The van der Waals surface area contributed by atoms with E-state index in [4.69, 9.17) is 4.74 Å². The maximum atomic E-state index is 5.12. The minimum Gasteiger partial charge on any atom is -0.497 e. The molecule has 18 heavy (non-hydrogen) atoms. The Kier molecular flexibility index (Phi) is 5.04. The van der Waals surface area contributed by atoms with E-state index in [2.05, 4.69) is 22.5 Å². The monoisotopic (exact) mass is 267 g/mol. The van der Waals surface area contributed by atoms with Crippen molar-refractivity contribution in [1.29, 1.82) is 0 Å². The number of ether oxygens (including phenoxy) is 1. The Labute approximate surface area is 113 Å². The van der Waals surface area contributed by atoms with E-state index in [1.54, 1.807) is 7.11 Å². The van der Waals surface area contributed by atoms with Gasteiger partial charge in [0.25, 0.3) is 0 Å². The van der Waals surface area contributed by atoms with Crippen LogP contribution in [0.5, 0.6) is 5.75 Å². The lowest BCUT2D eigenvalue weighted by atomic mass is 10.2. The van der Waals surface area contributed by atoms with Gasteiger partial charge in [-0.25, -0.2) is 0 Å². The Balaban J connectivity index is 0.00000162. The number of rotatable bonds is 4. The summed E-state index contributed by atoms with van der Waals surface area (Å²) < 4.78 is 6.97. The van der Waals surface area contributed by atoms with Crippen molar-refractivity contribution in [2.75, 3.05) is 12.4 Å². The normalized spacial score (nSPS) is 9.72. The molecule has 0 spiro atoms. The van der Waals surface area contributed by atoms with Crippen LogP contribution in [0.1, 0.15) is 11.1 Å². The van der Waals surface area contributed by atoms with Gasteiger partial charge in [-0.1, -0.05) is 12.1 Å². The first kappa shape index (κ1) is 14.4. The molecular formula is C13H18ClN3O. The number of halogens is 1. The van der Waals surface area contributed by atoms with Crippen LogP contribution >= 0.6 is 12.4 Å². The van der Waals surface area contributed by atoms with Gasteiger partial charge in [0, 0.05) is 19.2 Å². The third kappa shape index (κ3) is 3.17. The molecule has 1 aromatic heterocycles. The summed E-state index contributed by atoms with van der Waals surface area (Å²) in [5, 5.41) is 7.56. The fraction of sp³-hybridized carbons (Fsp3) is 0.308. The maximum absolute atomic E-state index is 5.12. The minimum absolute atomic E-state index is 0. The Morgan fingerprint density at radius 3 is 2.44 bits per heavy atom. The second kappa shape index (κ2) is 6.31. The summed E-state index contributed by atoms with van der Waals surface area (Å²) in [6.45, 7) is 2.83. The molecule has 2 aromatic rings. The summed E-state index contributed by atoms with van der Waals surface area (Å²) in [6.07, 6.45) is 1.86. The lowest BCUT2D eigenvalue weighted by Crippen LogP contribution is -2.05. The first-order chi connectivity index (χ1) is 8.20. The molecule has 0 aliphatic carbocycles. The van der Waals surface area contributed by atoms with Gasteiger partial charge in [-0.05, 0) is 24.6 Å². The number of benzene rings is 1. The van der Waals surface area contributed by atoms with Crippen LogP contribution in [0.25, 0.3) is 0 Å². The number of aromatic nitrogens is 2. The van der Waals surface area contributed by atoms with Crippen molar-refractivity contribution in [2.24, 2.45) is 7.05 Å². The van der Waals surface area contributed by atoms with Crippen LogP contribution < -0.4 is 10.1 Å². The first-order valence-electron chi connectivity index (χ1n) is 5.56. The third-order valence-corrected chi connectivity index (χ3v) is 2.74. The van der Waals surface area contributed by atoms with Crippen LogP contribution in [0.3, 0.4) is 0 Å². The van der Waals surface area contributed by atoms with Crippen LogP contribution in [-0.2, 0) is 13.6 Å². The molecule has 98 valence electrons. The van der Waals surface area contributed by atoms with Crippen LogP contribution in [0.4, 0.5) is 5.82 Å². The Morgan fingerprint density at radius 2 is 1.94 bits per heavy atom. The molecule has 0 unspecified atom stereocenters. The second-order valence-electron chi connectivity index (χ2n) is 4.00. The molecule has 1 N–H and O–H groups in total. The smallest absolute Gasteiger partial charge is 0.127 e. The summed E-state index contributed by atoms with van der Waals surface area (Å²) in [5.74, 6) is 1.94. The van der Waals surface area contributed by atoms with Gasteiger partial charge in [-0.15, -0.1) is 12.4 Å². The predicted molar refractivity (Wildman–Crippen MR) is 75.5 cm³/mol. The van der Waals surface area contributed by atoms with E-state index in [1.807, 2.05) is 37.0 Å². The van der Waals surface area contributed by atoms with E-state index < -0.39 is 0 Å². The highest BCUT2D eigenvalue weighted by molar-refractivity contribution is 5.85. The summed E-state index contributed by atoms with van der Waals surface area (Å²) in [6, 6.07) is 8.04. The second-order valence-corrected chi connectivity index (χ2v) is 4.00. The van der Waals surface area contributed by atoms with Gasteiger partial charge < -0.3 is 10.1 Å². The zero-order chi connectivity index (χ0) is 12.3. The van der Waals surface area contributed by atoms with Gasteiger partial charge in [-0.2, -0.15) is 5.10 Å². The molecule has 0 aliphatic rings. The number of nitrogens with one attached hydrogen (secondary N) is 1. The Morgan fingerprint density at radius 1 is 1.28 bits per heavy atom. The summed E-state index contributed by atoms with van der Waals surface area (Å²) in [4.78, 5) is 0. The van der Waals surface area contributed by atoms with E-state index in [-0.39, 0.29) is 12.4 Å². The van der Waals surface area contributed by atoms with Crippen LogP contribution in [0.15, 0.2) is 30.5 Å². The maximum Gasteiger partial charge on any atom is 0.127 e.